The molecule has 0 radical (unpaired) electrons. The molecule has 0 bridgehead atoms. The van der Waals surface area contributed by atoms with Crippen molar-refractivity contribution in [1.82, 2.24) is 25.5 Å². The van der Waals surface area contributed by atoms with Gasteiger partial charge in [-0.3, -0.25) is 0 Å². The Labute approximate surface area is 104 Å². The summed E-state index contributed by atoms with van der Waals surface area (Å²) >= 11 is 0. The molecule has 5 nitrogen and oxygen atoms in total. The first-order valence-electron chi connectivity index (χ1n) is 6.52. The van der Waals surface area contributed by atoms with Gasteiger partial charge in [0.2, 0.25) is 0 Å². The lowest BCUT2D eigenvalue weighted by molar-refractivity contribution is 0.249. The molecule has 98 valence electrons. The van der Waals surface area contributed by atoms with Crippen molar-refractivity contribution in [2.45, 2.75) is 59.5 Å². The molecule has 0 saturated heterocycles. The van der Waals surface area contributed by atoms with Crippen LogP contribution in [0.25, 0.3) is 0 Å². The highest BCUT2D eigenvalue weighted by Crippen LogP contribution is 2.23. The van der Waals surface area contributed by atoms with Crippen LogP contribution >= 0.6 is 0 Å². The molecular weight excluding hydrogens is 214 g/mol. The predicted octanol–water partition coefficient (Wildman–Crippen LogP) is 1.95. The monoisotopic (exact) mass is 239 g/mol. The van der Waals surface area contributed by atoms with Gasteiger partial charge in [0.25, 0.3) is 0 Å². The maximum atomic E-state index is 4.14. The molecule has 1 heterocycles. The first kappa shape index (κ1) is 14.1. The number of nitrogens with zero attached hydrogens (tertiary/aromatic N) is 4. The van der Waals surface area contributed by atoms with Crippen LogP contribution in [0.1, 0.15) is 53.3 Å². The van der Waals surface area contributed by atoms with Gasteiger partial charge >= 0.3 is 0 Å². The van der Waals surface area contributed by atoms with Crippen molar-refractivity contribution in [1.29, 1.82) is 0 Å². The molecule has 0 fully saturated rings. The Morgan fingerprint density at radius 3 is 2.47 bits per heavy atom. The molecule has 5 heteroatoms. The third kappa shape index (κ3) is 3.49. The number of hydrogen-bond donors (Lipinski definition) is 1. The normalized spacial score (nSPS) is 12.4. The topological polar surface area (TPSA) is 55.6 Å². The molecule has 0 aliphatic carbocycles. The lowest BCUT2D eigenvalue weighted by Crippen LogP contribution is -2.33. The zero-order valence-electron chi connectivity index (χ0n) is 11.7. The number of hydrogen-bond acceptors (Lipinski definition) is 4. The summed E-state index contributed by atoms with van der Waals surface area (Å²) in [4.78, 5) is 0. The second-order valence-corrected chi connectivity index (χ2v) is 5.24. The van der Waals surface area contributed by atoms with Crippen LogP contribution < -0.4 is 5.32 Å². The molecule has 1 aromatic rings. The molecule has 0 unspecified atom stereocenters. The summed E-state index contributed by atoms with van der Waals surface area (Å²) in [5.74, 6) is 1.57. The third-order valence-corrected chi connectivity index (χ3v) is 3.40. The van der Waals surface area contributed by atoms with E-state index in [1.54, 1.807) is 0 Å². The van der Waals surface area contributed by atoms with Crippen molar-refractivity contribution in [3.05, 3.63) is 5.82 Å². The maximum Gasteiger partial charge on any atom is 0.165 e. The summed E-state index contributed by atoms with van der Waals surface area (Å²) in [6.45, 7) is 12.7. The van der Waals surface area contributed by atoms with Crippen molar-refractivity contribution in [3.63, 3.8) is 0 Å². The van der Waals surface area contributed by atoms with Crippen LogP contribution in [0.4, 0.5) is 0 Å². The Hall–Kier alpha value is -0.970. The molecule has 1 N–H and O–H groups in total. The summed E-state index contributed by atoms with van der Waals surface area (Å²) in [5.41, 5.74) is 0.0261. The Morgan fingerprint density at radius 1 is 1.29 bits per heavy atom. The highest BCUT2D eigenvalue weighted by molar-refractivity contribution is 4.89. The number of tetrazole rings is 1. The second kappa shape index (κ2) is 6.10. The minimum absolute atomic E-state index is 0.0261. The van der Waals surface area contributed by atoms with Gasteiger partial charge in [-0.05, 0) is 42.7 Å². The molecule has 0 spiro atoms. The fourth-order valence-electron chi connectivity index (χ4n) is 1.76. The van der Waals surface area contributed by atoms with Crippen molar-refractivity contribution in [2.24, 2.45) is 5.92 Å². The quantitative estimate of drug-likeness (QED) is 0.790. The van der Waals surface area contributed by atoms with Crippen molar-refractivity contribution in [3.8, 4) is 0 Å². The van der Waals surface area contributed by atoms with Crippen LogP contribution in [0.3, 0.4) is 0 Å². The Balaban J connectivity index is 2.71. The summed E-state index contributed by atoms with van der Waals surface area (Å²) in [6.07, 6.45) is 2.07. The average Bonchev–Trinajstić information content (AvgIpc) is 2.76. The van der Waals surface area contributed by atoms with Crippen molar-refractivity contribution < 1.29 is 0 Å². The molecule has 17 heavy (non-hydrogen) atoms. The molecular formula is C12H25N5. The molecule has 1 aromatic heterocycles. The molecule has 1 rings (SSSR count). The summed E-state index contributed by atoms with van der Waals surface area (Å²) in [5, 5.41) is 15.4. The van der Waals surface area contributed by atoms with E-state index in [1.807, 2.05) is 4.68 Å². The lowest BCUT2D eigenvalue weighted by Gasteiger charge is -2.27. The van der Waals surface area contributed by atoms with Crippen molar-refractivity contribution in [2.75, 3.05) is 6.54 Å². The van der Waals surface area contributed by atoms with E-state index in [4.69, 9.17) is 0 Å². The Bertz CT molecular complexity index is 327. The largest absolute Gasteiger partial charge is 0.310 e. The van der Waals surface area contributed by atoms with Crippen LogP contribution in [0.15, 0.2) is 0 Å². The van der Waals surface area contributed by atoms with Gasteiger partial charge in [0.1, 0.15) is 0 Å². The predicted molar refractivity (Wildman–Crippen MR) is 68.6 cm³/mol. The van der Waals surface area contributed by atoms with Gasteiger partial charge in [0.05, 0.1) is 12.1 Å². The zero-order chi connectivity index (χ0) is 12.9. The summed E-state index contributed by atoms with van der Waals surface area (Å²) in [7, 11) is 0. The molecule has 0 atom stereocenters. The van der Waals surface area contributed by atoms with Crippen LogP contribution in [-0.4, -0.2) is 26.8 Å². The summed E-state index contributed by atoms with van der Waals surface area (Å²) in [6, 6.07) is 0. The summed E-state index contributed by atoms with van der Waals surface area (Å²) < 4.78 is 1.97. The number of nitrogens with one attached hydrogen (secondary N) is 1. The van der Waals surface area contributed by atoms with E-state index in [1.165, 1.54) is 0 Å². The minimum atomic E-state index is 0.0261. The van der Waals surface area contributed by atoms with E-state index in [9.17, 15) is 0 Å². The van der Waals surface area contributed by atoms with E-state index in [-0.39, 0.29) is 5.54 Å². The number of aromatic nitrogens is 4. The first-order valence-corrected chi connectivity index (χ1v) is 6.52. The molecule has 0 aliphatic heterocycles. The van der Waals surface area contributed by atoms with E-state index >= 15 is 0 Å². The molecule has 0 aliphatic rings. The van der Waals surface area contributed by atoms with Crippen molar-refractivity contribution >= 4 is 0 Å². The fourth-order valence-corrected chi connectivity index (χ4v) is 1.76. The van der Waals surface area contributed by atoms with Crippen LogP contribution in [-0.2, 0) is 12.1 Å². The van der Waals surface area contributed by atoms with E-state index < -0.39 is 0 Å². The average molecular weight is 239 g/mol. The van der Waals surface area contributed by atoms with Gasteiger partial charge in [-0.25, -0.2) is 4.68 Å². The van der Waals surface area contributed by atoms with Crippen LogP contribution in [0, 0.1) is 5.92 Å². The fraction of sp³-hybridized carbons (Fsp3) is 0.917. The minimum Gasteiger partial charge on any atom is -0.310 e. The molecule has 0 aromatic carbocycles. The Morgan fingerprint density at radius 2 is 1.94 bits per heavy atom. The van der Waals surface area contributed by atoms with E-state index in [2.05, 4.69) is 55.5 Å². The SMILES string of the molecule is CCC(C)(CC)n1nnnc1CNCC(C)C. The lowest BCUT2D eigenvalue weighted by atomic mass is 9.96. The molecule has 0 amide bonds. The van der Waals surface area contributed by atoms with Gasteiger partial charge in [0, 0.05) is 0 Å². The van der Waals surface area contributed by atoms with E-state index in [0.717, 1.165) is 31.8 Å². The Kier molecular flexibility index (Phi) is 5.05. The first-order chi connectivity index (χ1) is 8.03. The van der Waals surface area contributed by atoms with Gasteiger partial charge < -0.3 is 5.32 Å². The highest BCUT2D eigenvalue weighted by atomic mass is 15.6. The van der Waals surface area contributed by atoms with Gasteiger partial charge in [-0.2, -0.15) is 0 Å². The van der Waals surface area contributed by atoms with Crippen LogP contribution in [0.2, 0.25) is 0 Å². The third-order valence-electron chi connectivity index (χ3n) is 3.40. The van der Waals surface area contributed by atoms with Gasteiger partial charge in [0.15, 0.2) is 5.82 Å². The maximum absolute atomic E-state index is 4.14. The van der Waals surface area contributed by atoms with Gasteiger partial charge in [-0.15, -0.1) is 5.10 Å². The smallest absolute Gasteiger partial charge is 0.165 e. The second-order valence-electron chi connectivity index (χ2n) is 5.24. The van der Waals surface area contributed by atoms with Gasteiger partial charge in [-0.1, -0.05) is 27.7 Å². The van der Waals surface area contributed by atoms with Crippen LogP contribution in [0.5, 0.6) is 0 Å². The number of rotatable bonds is 7. The standard InChI is InChI=1S/C12H25N5/c1-6-12(5,7-2)17-11(14-15-16-17)9-13-8-10(3)4/h10,13H,6-9H2,1-5H3. The zero-order valence-corrected chi connectivity index (χ0v) is 11.7. The van der Waals surface area contributed by atoms with E-state index in [0.29, 0.717) is 5.92 Å². The molecule has 0 saturated carbocycles. The highest BCUT2D eigenvalue weighted by Gasteiger charge is 2.26.